The van der Waals surface area contributed by atoms with Crippen LogP contribution in [-0.2, 0) is 26.2 Å². The number of nitrogens with zero attached hydrogens (tertiary/aromatic N) is 2. The summed E-state index contributed by atoms with van der Waals surface area (Å²) >= 11 is 6.34. The smallest absolute Gasteiger partial charge is 0.244 e. The Kier molecular flexibility index (Phi) is 9.76. The molecule has 2 rings (SSSR count). The molecule has 0 radical (unpaired) electrons. The summed E-state index contributed by atoms with van der Waals surface area (Å²) < 4.78 is 31.7. The first-order chi connectivity index (χ1) is 16.0. The summed E-state index contributed by atoms with van der Waals surface area (Å²) in [4.78, 5) is 28.0. The maximum atomic E-state index is 13.6. The fraction of sp³-hybridized carbons (Fsp3) is 0.417. The van der Waals surface area contributed by atoms with E-state index >= 15 is 0 Å². The minimum atomic E-state index is -3.85. The molecular weight excluding hydrogens is 478 g/mol. The summed E-state index contributed by atoms with van der Waals surface area (Å²) in [6.45, 7) is 5.00. The van der Waals surface area contributed by atoms with Crippen molar-refractivity contribution < 1.29 is 22.7 Å². The molecule has 2 amide bonds. The fourth-order valence-corrected chi connectivity index (χ4v) is 4.59. The summed E-state index contributed by atoms with van der Waals surface area (Å²) in [5, 5.41) is 3.29. The van der Waals surface area contributed by atoms with Gasteiger partial charge in [-0.1, -0.05) is 48.9 Å². The molecule has 0 spiro atoms. The van der Waals surface area contributed by atoms with E-state index in [-0.39, 0.29) is 24.2 Å². The van der Waals surface area contributed by atoms with Gasteiger partial charge in [0, 0.05) is 17.6 Å². The molecule has 34 heavy (non-hydrogen) atoms. The van der Waals surface area contributed by atoms with Crippen molar-refractivity contribution >= 4 is 39.1 Å². The Morgan fingerprint density at radius 3 is 2.26 bits per heavy atom. The van der Waals surface area contributed by atoms with Crippen LogP contribution in [0.4, 0.5) is 5.69 Å². The highest BCUT2D eigenvalue weighted by atomic mass is 35.5. The molecule has 0 saturated carbocycles. The molecule has 0 aliphatic carbocycles. The third-order valence-electron chi connectivity index (χ3n) is 5.15. The molecule has 1 N–H and O–H groups in total. The van der Waals surface area contributed by atoms with E-state index in [1.807, 2.05) is 13.8 Å². The summed E-state index contributed by atoms with van der Waals surface area (Å²) in [6.07, 6.45) is 1.36. The molecule has 0 aliphatic rings. The molecule has 2 aromatic rings. The number of sulfonamides is 1. The van der Waals surface area contributed by atoms with Gasteiger partial charge in [0.25, 0.3) is 0 Å². The number of ether oxygens (including phenoxy) is 1. The molecular formula is C24H32ClN3O5S. The highest BCUT2D eigenvalue weighted by Crippen LogP contribution is 2.30. The second-order valence-electron chi connectivity index (χ2n) is 8.14. The Bertz CT molecular complexity index is 1110. The zero-order valence-electron chi connectivity index (χ0n) is 20.1. The van der Waals surface area contributed by atoms with Crippen LogP contribution in [0.3, 0.4) is 0 Å². The molecule has 0 heterocycles. The van der Waals surface area contributed by atoms with Crippen LogP contribution >= 0.6 is 11.6 Å². The van der Waals surface area contributed by atoms with Crippen LogP contribution in [0.5, 0.6) is 5.75 Å². The highest BCUT2D eigenvalue weighted by molar-refractivity contribution is 7.92. The van der Waals surface area contributed by atoms with Gasteiger partial charge in [0.2, 0.25) is 21.8 Å². The Hall–Kier alpha value is -2.78. The zero-order chi connectivity index (χ0) is 25.5. The predicted octanol–water partition coefficient (Wildman–Crippen LogP) is 3.45. The number of carbonyl (C=O) groups excluding carboxylic acids is 2. The molecule has 0 aromatic heterocycles. The van der Waals surface area contributed by atoms with E-state index in [1.54, 1.807) is 55.5 Å². The highest BCUT2D eigenvalue weighted by Gasteiger charge is 2.33. The van der Waals surface area contributed by atoms with Crippen LogP contribution in [-0.4, -0.2) is 57.1 Å². The summed E-state index contributed by atoms with van der Waals surface area (Å²) in [5.74, 6) is -0.550. The number of halogens is 1. The molecule has 1 atom stereocenters. The van der Waals surface area contributed by atoms with Crippen molar-refractivity contribution in [1.82, 2.24) is 10.2 Å². The van der Waals surface area contributed by atoms with Crippen molar-refractivity contribution in [2.45, 2.75) is 45.8 Å². The van der Waals surface area contributed by atoms with Crippen molar-refractivity contribution in [3.8, 4) is 5.75 Å². The average molecular weight is 510 g/mol. The molecule has 0 unspecified atom stereocenters. The molecule has 10 heteroatoms. The van der Waals surface area contributed by atoms with Crippen molar-refractivity contribution in [3.63, 3.8) is 0 Å². The number of hydrogen-bond acceptors (Lipinski definition) is 5. The number of benzene rings is 2. The van der Waals surface area contributed by atoms with Crippen LogP contribution in [0, 0.1) is 0 Å². The Morgan fingerprint density at radius 1 is 1.09 bits per heavy atom. The van der Waals surface area contributed by atoms with Crippen LogP contribution < -0.4 is 14.4 Å². The number of nitrogens with one attached hydrogen (secondary N) is 1. The van der Waals surface area contributed by atoms with Gasteiger partial charge >= 0.3 is 0 Å². The van der Waals surface area contributed by atoms with Gasteiger partial charge in [-0.15, -0.1) is 0 Å². The average Bonchev–Trinajstić information content (AvgIpc) is 2.77. The van der Waals surface area contributed by atoms with Gasteiger partial charge in [0.1, 0.15) is 18.3 Å². The van der Waals surface area contributed by atoms with E-state index in [4.69, 9.17) is 16.3 Å². The van der Waals surface area contributed by atoms with Gasteiger partial charge in [-0.3, -0.25) is 13.9 Å². The normalized spacial score (nSPS) is 12.2. The van der Waals surface area contributed by atoms with Crippen molar-refractivity contribution in [2.75, 3.05) is 24.2 Å². The second-order valence-corrected chi connectivity index (χ2v) is 10.5. The third-order valence-corrected chi connectivity index (χ3v) is 6.64. The number of hydrogen-bond donors (Lipinski definition) is 1. The zero-order valence-corrected chi connectivity index (χ0v) is 21.7. The summed E-state index contributed by atoms with van der Waals surface area (Å²) in [6, 6.07) is 12.6. The van der Waals surface area contributed by atoms with E-state index in [2.05, 4.69) is 5.32 Å². The van der Waals surface area contributed by atoms with Gasteiger partial charge in [-0.25, -0.2) is 8.42 Å². The lowest BCUT2D eigenvalue weighted by Crippen LogP contribution is -2.53. The lowest BCUT2D eigenvalue weighted by Gasteiger charge is -2.33. The van der Waals surface area contributed by atoms with Gasteiger partial charge in [0.15, 0.2) is 0 Å². The van der Waals surface area contributed by atoms with Crippen LogP contribution in [0.25, 0.3) is 0 Å². The summed E-state index contributed by atoms with van der Waals surface area (Å²) in [5.41, 5.74) is 0.884. The second kappa shape index (κ2) is 12.1. The SMILES string of the molecule is CC[C@H](C(=O)NC(C)C)N(Cc1ccccc1Cl)C(=O)CN(c1ccccc1OC)S(C)(=O)=O. The van der Waals surface area contributed by atoms with Gasteiger partial charge in [0.05, 0.1) is 19.1 Å². The maximum absolute atomic E-state index is 13.6. The number of carbonyl (C=O) groups is 2. The molecule has 0 fully saturated rings. The van der Waals surface area contributed by atoms with Crippen molar-refractivity contribution in [1.29, 1.82) is 0 Å². The first kappa shape index (κ1) is 27.5. The van der Waals surface area contributed by atoms with Crippen LogP contribution in [0.1, 0.15) is 32.8 Å². The number of anilines is 1. The predicted molar refractivity (Wildman–Crippen MR) is 135 cm³/mol. The van der Waals surface area contributed by atoms with E-state index < -0.39 is 28.5 Å². The Balaban J connectivity index is 2.49. The van der Waals surface area contributed by atoms with E-state index in [1.165, 1.54) is 12.0 Å². The number of amides is 2. The van der Waals surface area contributed by atoms with Crippen LogP contribution in [0.15, 0.2) is 48.5 Å². The molecule has 2 aromatic carbocycles. The van der Waals surface area contributed by atoms with Gasteiger partial charge in [-0.05, 0) is 44.0 Å². The van der Waals surface area contributed by atoms with Gasteiger partial charge < -0.3 is 15.0 Å². The maximum Gasteiger partial charge on any atom is 0.244 e. The number of rotatable bonds is 11. The van der Waals surface area contributed by atoms with E-state index in [0.717, 1.165) is 10.6 Å². The van der Waals surface area contributed by atoms with Gasteiger partial charge in [-0.2, -0.15) is 0 Å². The monoisotopic (exact) mass is 509 g/mol. The Morgan fingerprint density at radius 2 is 1.71 bits per heavy atom. The van der Waals surface area contributed by atoms with Crippen LogP contribution in [0.2, 0.25) is 5.02 Å². The van der Waals surface area contributed by atoms with Crippen molar-refractivity contribution in [2.24, 2.45) is 0 Å². The fourth-order valence-electron chi connectivity index (χ4n) is 3.54. The molecule has 0 saturated heterocycles. The van der Waals surface area contributed by atoms with E-state index in [9.17, 15) is 18.0 Å². The topological polar surface area (TPSA) is 96.0 Å². The molecule has 186 valence electrons. The molecule has 0 bridgehead atoms. The minimum absolute atomic E-state index is 0.0477. The number of para-hydroxylation sites is 2. The lowest BCUT2D eigenvalue weighted by atomic mass is 10.1. The minimum Gasteiger partial charge on any atom is -0.495 e. The molecule has 8 nitrogen and oxygen atoms in total. The standard InChI is InChI=1S/C24H32ClN3O5S/c1-6-20(24(30)26-17(2)3)27(15-18-11-7-8-12-19(18)25)23(29)16-28(34(5,31)32)21-13-9-10-14-22(21)33-4/h7-14,17,20H,6,15-16H2,1-5H3,(H,26,30)/t20-/m1/s1. The van der Waals surface area contributed by atoms with Crippen molar-refractivity contribution in [3.05, 3.63) is 59.1 Å². The number of methoxy groups -OCH3 is 1. The quantitative estimate of drug-likeness (QED) is 0.500. The first-order valence-corrected chi connectivity index (χ1v) is 13.2. The van der Waals surface area contributed by atoms with E-state index in [0.29, 0.717) is 22.8 Å². The summed E-state index contributed by atoms with van der Waals surface area (Å²) in [7, 11) is -2.43. The lowest BCUT2D eigenvalue weighted by molar-refractivity contribution is -0.140. The third kappa shape index (κ3) is 7.11. The molecule has 0 aliphatic heterocycles. The Labute approximate surface area is 206 Å². The first-order valence-electron chi connectivity index (χ1n) is 10.9. The largest absolute Gasteiger partial charge is 0.495 e.